The minimum atomic E-state index is -0.350. The normalized spacial score (nSPS) is 26.0. The molecule has 2 aliphatic rings. The second-order valence-electron chi connectivity index (χ2n) is 6.21. The van der Waals surface area contributed by atoms with Gasteiger partial charge in [0.15, 0.2) is 0 Å². The maximum atomic E-state index is 12.9. The molecule has 2 saturated heterocycles. The van der Waals surface area contributed by atoms with Crippen molar-refractivity contribution in [2.75, 3.05) is 32.5 Å². The molecular weight excluding hydrogens is 301 g/mol. The number of amides is 3. The Balaban J connectivity index is 1.63. The van der Waals surface area contributed by atoms with Gasteiger partial charge in [-0.15, -0.1) is 0 Å². The monoisotopic (exact) mass is 321 g/mol. The van der Waals surface area contributed by atoms with Crippen LogP contribution in [-0.4, -0.2) is 61.1 Å². The van der Waals surface area contributed by atoms with E-state index in [9.17, 15) is 14.0 Å². The van der Waals surface area contributed by atoms with Gasteiger partial charge in [0.25, 0.3) is 0 Å². The van der Waals surface area contributed by atoms with Gasteiger partial charge in [-0.2, -0.15) is 0 Å². The zero-order chi connectivity index (χ0) is 16.6. The number of anilines is 1. The number of halogens is 1. The molecule has 23 heavy (non-hydrogen) atoms. The van der Waals surface area contributed by atoms with Crippen molar-refractivity contribution in [3.8, 4) is 0 Å². The molecule has 2 aliphatic heterocycles. The number of rotatable bonds is 2. The number of hydrogen-bond acceptors (Lipinski definition) is 3. The van der Waals surface area contributed by atoms with Crippen LogP contribution in [0, 0.1) is 11.7 Å². The Morgan fingerprint density at radius 2 is 1.96 bits per heavy atom. The van der Waals surface area contributed by atoms with E-state index in [0.29, 0.717) is 25.2 Å². The zero-order valence-electron chi connectivity index (χ0n) is 13.2. The molecule has 124 valence electrons. The van der Waals surface area contributed by atoms with E-state index in [-0.39, 0.29) is 35.9 Å². The minimum absolute atomic E-state index is 0.0401. The lowest BCUT2D eigenvalue weighted by molar-refractivity contribution is -0.135. The first-order valence-corrected chi connectivity index (χ1v) is 7.62. The molecule has 1 N–H and O–H groups in total. The zero-order valence-corrected chi connectivity index (χ0v) is 13.2. The number of hydrogen-bond donors (Lipinski definition) is 1. The van der Waals surface area contributed by atoms with Gasteiger partial charge in [-0.1, -0.05) is 0 Å². The fourth-order valence-electron chi connectivity index (χ4n) is 3.15. The lowest BCUT2D eigenvalue weighted by Crippen LogP contribution is -2.49. The SMILES string of the molecule is CN(C)C(=O)[C@H]1C[C@H]2CN(C(=O)Nc3ccc(F)cc3)C[C@H]1O2. The van der Waals surface area contributed by atoms with Crippen LogP contribution in [0.2, 0.25) is 0 Å². The highest BCUT2D eigenvalue weighted by Gasteiger charge is 2.46. The number of fused-ring (bicyclic) bond motifs is 2. The number of morpholine rings is 1. The average Bonchev–Trinajstić information content (AvgIpc) is 2.82. The van der Waals surface area contributed by atoms with Crippen molar-refractivity contribution >= 4 is 17.6 Å². The number of carbonyl (C=O) groups is 2. The smallest absolute Gasteiger partial charge is 0.322 e. The number of urea groups is 1. The van der Waals surface area contributed by atoms with E-state index in [1.54, 1.807) is 23.9 Å². The molecule has 0 saturated carbocycles. The molecular formula is C16H20FN3O3. The van der Waals surface area contributed by atoms with E-state index in [1.165, 1.54) is 24.3 Å². The molecule has 0 unspecified atom stereocenters. The summed E-state index contributed by atoms with van der Waals surface area (Å²) in [5.74, 6) is -0.505. The molecule has 0 aromatic heterocycles. The van der Waals surface area contributed by atoms with Gasteiger partial charge in [0.05, 0.1) is 18.1 Å². The van der Waals surface area contributed by atoms with Gasteiger partial charge >= 0.3 is 6.03 Å². The maximum Gasteiger partial charge on any atom is 0.322 e. The Labute approximate surface area is 134 Å². The van der Waals surface area contributed by atoms with Gasteiger partial charge in [-0.3, -0.25) is 4.79 Å². The summed E-state index contributed by atoms with van der Waals surface area (Å²) in [4.78, 5) is 27.8. The molecule has 1 aromatic rings. The number of nitrogens with zero attached hydrogens (tertiary/aromatic N) is 2. The van der Waals surface area contributed by atoms with Crippen LogP contribution in [0.4, 0.5) is 14.9 Å². The summed E-state index contributed by atoms with van der Waals surface area (Å²) in [6.45, 7) is 0.842. The van der Waals surface area contributed by atoms with Gasteiger partial charge in [0.2, 0.25) is 5.91 Å². The number of benzene rings is 1. The van der Waals surface area contributed by atoms with Crippen molar-refractivity contribution in [3.63, 3.8) is 0 Å². The first kappa shape index (κ1) is 15.7. The van der Waals surface area contributed by atoms with E-state index in [1.807, 2.05) is 0 Å². The van der Waals surface area contributed by atoms with Gasteiger partial charge in [0.1, 0.15) is 5.82 Å². The number of ether oxygens (including phenoxy) is 1. The van der Waals surface area contributed by atoms with Crippen LogP contribution in [0.5, 0.6) is 0 Å². The molecule has 3 amide bonds. The lowest BCUT2D eigenvalue weighted by atomic mass is 9.99. The van der Waals surface area contributed by atoms with Crippen molar-refractivity contribution in [1.82, 2.24) is 9.80 Å². The second kappa shape index (κ2) is 6.16. The molecule has 0 spiro atoms. The molecule has 2 heterocycles. The highest BCUT2D eigenvalue weighted by Crippen LogP contribution is 2.33. The van der Waals surface area contributed by atoms with Crippen LogP contribution in [0.3, 0.4) is 0 Å². The Morgan fingerprint density at radius 1 is 1.26 bits per heavy atom. The Bertz CT molecular complexity index is 605. The van der Waals surface area contributed by atoms with E-state index < -0.39 is 0 Å². The van der Waals surface area contributed by atoms with Crippen molar-refractivity contribution in [2.45, 2.75) is 18.6 Å². The van der Waals surface area contributed by atoms with Crippen LogP contribution in [0.25, 0.3) is 0 Å². The van der Waals surface area contributed by atoms with Crippen molar-refractivity contribution in [2.24, 2.45) is 5.92 Å². The van der Waals surface area contributed by atoms with Crippen molar-refractivity contribution in [3.05, 3.63) is 30.1 Å². The third kappa shape index (κ3) is 3.29. The van der Waals surface area contributed by atoms with Crippen LogP contribution < -0.4 is 5.32 Å². The quantitative estimate of drug-likeness (QED) is 0.899. The van der Waals surface area contributed by atoms with E-state index in [2.05, 4.69) is 5.32 Å². The molecule has 3 rings (SSSR count). The summed E-state index contributed by atoms with van der Waals surface area (Å²) in [6.07, 6.45) is 0.270. The van der Waals surface area contributed by atoms with Crippen LogP contribution in [0.1, 0.15) is 6.42 Å². The predicted molar refractivity (Wildman–Crippen MR) is 82.5 cm³/mol. The first-order valence-electron chi connectivity index (χ1n) is 7.62. The third-order valence-electron chi connectivity index (χ3n) is 4.30. The van der Waals surface area contributed by atoms with Crippen molar-refractivity contribution < 1.29 is 18.7 Å². The second-order valence-corrected chi connectivity index (χ2v) is 6.21. The van der Waals surface area contributed by atoms with Crippen molar-refractivity contribution in [1.29, 1.82) is 0 Å². The van der Waals surface area contributed by atoms with Gasteiger partial charge in [0, 0.05) is 32.9 Å². The molecule has 6 nitrogen and oxygen atoms in total. The standard InChI is InChI=1S/C16H20FN3O3/c1-19(2)15(21)13-7-12-8-20(9-14(13)23-12)16(22)18-11-5-3-10(17)4-6-11/h3-6,12-14H,7-9H2,1-2H3,(H,18,22)/t12-,13-,14+/m0/s1. The first-order chi connectivity index (χ1) is 10.9. The third-order valence-corrected chi connectivity index (χ3v) is 4.30. The Hall–Kier alpha value is -2.15. The van der Waals surface area contributed by atoms with Crippen LogP contribution in [-0.2, 0) is 9.53 Å². The molecule has 3 atom stereocenters. The molecule has 7 heteroatoms. The summed E-state index contributed by atoms with van der Waals surface area (Å²) in [7, 11) is 3.45. The number of carbonyl (C=O) groups excluding carboxylic acids is 2. The largest absolute Gasteiger partial charge is 0.370 e. The number of nitrogens with one attached hydrogen (secondary N) is 1. The predicted octanol–water partition coefficient (Wildman–Crippen LogP) is 1.54. The van der Waals surface area contributed by atoms with E-state index in [4.69, 9.17) is 4.74 Å². The summed E-state index contributed by atoms with van der Waals surface area (Å²) in [6, 6.07) is 5.36. The molecule has 1 aromatic carbocycles. The topological polar surface area (TPSA) is 61.9 Å². The van der Waals surface area contributed by atoms with Gasteiger partial charge < -0.3 is 19.9 Å². The summed E-state index contributed by atoms with van der Waals surface area (Å²) < 4.78 is 18.7. The summed E-state index contributed by atoms with van der Waals surface area (Å²) in [5.41, 5.74) is 0.538. The molecule has 0 aliphatic carbocycles. The summed E-state index contributed by atoms with van der Waals surface area (Å²) in [5, 5.41) is 2.74. The van der Waals surface area contributed by atoms with Gasteiger partial charge in [-0.25, -0.2) is 9.18 Å². The molecule has 2 bridgehead atoms. The fourth-order valence-corrected chi connectivity index (χ4v) is 3.15. The maximum absolute atomic E-state index is 12.9. The highest BCUT2D eigenvalue weighted by molar-refractivity contribution is 5.89. The van der Waals surface area contributed by atoms with Gasteiger partial charge in [-0.05, 0) is 30.7 Å². The lowest BCUT2D eigenvalue weighted by Gasteiger charge is -2.33. The molecule has 2 fully saturated rings. The number of likely N-dealkylation sites (tertiary alicyclic amines) is 1. The average molecular weight is 321 g/mol. The Kier molecular flexibility index (Phi) is 4.21. The highest BCUT2D eigenvalue weighted by atomic mass is 19.1. The fraction of sp³-hybridized carbons (Fsp3) is 0.500. The van der Waals surface area contributed by atoms with Crippen LogP contribution in [0.15, 0.2) is 24.3 Å². The minimum Gasteiger partial charge on any atom is -0.370 e. The van der Waals surface area contributed by atoms with E-state index >= 15 is 0 Å². The van der Waals surface area contributed by atoms with Crippen LogP contribution >= 0.6 is 0 Å². The van der Waals surface area contributed by atoms with E-state index in [0.717, 1.165) is 0 Å². The molecule has 0 radical (unpaired) electrons. The summed E-state index contributed by atoms with van der Waals surface area (Å²) >= 11 is 0. The Morgan fingerprint density at radius 3 is 2.61 bits per heavy atom.